The number of carbonyl (C=O) groups is 1. The maximum absolute atomic E-state index is 10.8. The van der Waals surface area contributed by atoms with E-state index >= 15 is 0 Å². The minimum absolute atomic E-state index is 0.309. The molecule has 0 aliphatic rings. The highest BCUT2D eigenvalue weighted by atomic mass is 79.9. The summed E-state index contributed by atoms with van der Waals surface area (Å²) in [4.78, 5) is 11.9. The highest BCUT2D eigenvalue weighted by Gasteiger charge is 2.09. The van der Waals surface area contributed by atoms with E-state index in [0.717, 1.165) is 11.3 Å². The second kappa shape index (κ2) is 5.56. The molecule has 1 aromatic rings. The van der Waals surface area contributed by atoms with Crippen molar-refractivity contribution in [3.63, 3.8) is 0 Å². The van der Waals surface area contributed by atoms with Crippen LogP contribution in [0.5, 0.6) is 0 Å². The molecule has 1 aromatic carbocycles. The molecule has 1 N–H and O–H groups in total. The normalized spacial score (nSPS) is 12.5. The van der Waals surface area contributed by atoms with Gasteiger partial charge in [-0.1, -0.05) is 13.8 Å². The molecule has 0 aromatic heterocycles. The van der Waals surface area contributed by atoms with E-state index in [9.17, 15) is 4.79 Å². The molecule has 0 amide bonds. The standard InChI is InChI=1S/C11H13BrO2S/c1-3-7(2)15-8-4-5-9(11(13)14)10(12)6-8/h4-7H,3H2,1-2H3,(H,13,14). The van der Waals surface area contributed by atoms with Crippen molar-refractivity contribution in [1.82, 2.24) is 0 Å². The largest absolute Gasteiger partial charge is 0.478 e. The zero-order chi connectivity index (χ0) is 11.4. The van der Waals surface area contributed by atoms with Crippen LogP contribution in [0.25, 0.3) is 0 Å². The molecule has 0 heterocycles. The molecule has 2 nitrogen and oxygen atoms in total. The summed E-state index contributed by atoms with van der Waals surface area (Å²) >= 11 is 5.02. The van der Waals surface area contributed by atoms with Gasteiger partial charge < -0.3 is 5.11 Å². The molecule has 0 aliphatic carbocycles. The Morgan fingerprint density at radius 3 is 2.73 bits per heavy atom. The number of thioether (sulfide) groups is 1. The molecule has 15 heavy (non-hydrogen) atoms. The summed E-state index contributed by atoms with van der Waals surface area (Å²) in [6.07, 6.45) is 1.10. The van der Waals surface area contributed by atoms with E-state index in [2.05, 4.69) is 29.8 Å². The third-order valence-electron chi connectivity index (χ3n) is 2.08. The molecule has 1 unspecified atom stereocenters. The van der Waals surface area contributed by atoms with E-state index in [4.69, 9.17) is 5.11 Å². The average Bonchev–Trinajstić information content (AvgIpc) is 2.17. The van der Waals surface area contributed by atoms with E-state index in [1.165, 1.54) is 0 Å². The lowest BCUT2D eigenvalue weighted by atomic mass is 10.2. The van der Waals surface area contributed by atoms with Gasteiger partial charge in [0.2, 0.25) is 0 Å². The number of hydrogen-bond acceptors (Lipinski definition) is 2. The highest BCUT2D eigenvalue weighted by molar-refractivity contribution is 9.10. The van der Waals surface area contributed by atoms with Gasteiger partial charge in [-0.3, -0.25) is 0 Å². The van der Waals surface area contributed by atoms with Gasteiger partial charge in [0, 0.05) is 14.6 Å². The van der Waals surface area contributed by atoms with Gasteiger partial charge >= 0.3 is 5.97 Å². The number of hydrogen-bond donors (Lipinski definition) is 1. The number of halogens is 1. The van der Waals surface area contributed by atoms with Crippen LogP contribution in [0.1, 0.15) is 30.6 Å². The van der Waals surface area contributed by atoms with Gasteiger partial charge in [0.15, 0.2) is 0 Å². The van der Waals surface area contributed by atoms with Crippen LogP contribution in [-0.4, -0.2) is 16.3 Å². The van der Waals surface area contributed by atoms with Gasteiger partial charge in [0.1, 0.15) is 0 Å². The second-order valence-electron chi connectivity index (χ2n) is 3.28. The maximum Gasteiger partial charge on any atom is 0.336 e. The lowest BCUT2D eigenvalue weighted by Gasteiger charge is -2.09. The minimum Gasteiger partial charge on any atom is -0.478 e. The molecule has 0 spiro atoms. The summed E-state index contributed by atoms with van der Waals surface area (Å²) in [6.45, 7) is 4.29. The van der Waals surface area contributed by atoms with Crippen LogP contribution in [0, 0.1) is 0 Å². The summed E-state index contributed by atoms with van der Waals surface area (Å²) in [6, 6.07) is 5.35. The fraction of sp³-hybridized carbons (Fsp3) is 0.364. The first-order chi connectivity index (χ1) is 7.04. The molecule has 4 heteroatoms. The fourth-order valence-electron chi connectivity index (χ4n) is 1.06. The molecule has 0 radical (unpaired) electrons. The van der Waals surface area contributed by atoms with Crippen LogP contribution < -0.4 is 0 Å². The first-order valence-electron chi connectivity index (χ1n) is 4.74. The molecule has 0 saturated heterocycles. The number of aromatic carboxylic acids is 1. The average molecular weight is 289 g/mol. The van der Waals surface area contributed by atoms with Crippen molar-refractivity contribution in [1.29, 1.82) is 0 Å². The van der Waals surface area contributed by atoms with Crippen molar-refractivity contribution in [2.45, 2.75) is 30.4 Å². The molecule has 1 rings (SSSR count). The predicted octanol–water partition coefficient (Wildman–Crippen LogP) is 4.04. The second-order valence-corrected chi connectivity index (χ2v) is 5.65. The van der Waals surface area contributed by atoms with Gasteiger partial charge in [-0.25, -0.2) is 4.79 Å². The first kappa shape index (κ1) is 12.6. The first-order valence-corrected chi connectivity index (χ1v) is 6.41. The summed E-state index contributed by atoms with van der Waals surface area (Å²) in [5.74, 6) is -0.901. The van der Waals surface area contributed by atoms with Crippen molar-refractivity contribution in [3.8, 4) is 0 Å². The summed E-state index contributed by atoms with van der Waals surface area (Å²) in [5, 5.41) is 9.40. The Morgan fingerprint density at radius 1 is 1.60 bits per heavy atom. The minimum atomic E-state index is -0.901. The Bertz CT molecular complexity index is 366. The fourth-order valence-corrected chi connectivity index (χ4v) is 2.72. The van der Waals surface area contributed by atoms with Gasteiger partial charge in [-0.2, -0.15) is 0 Å². The molecule has 0 aliphatic heterocycles. The van der Waals surface area contributed by atoms with E-state index in [-0.39, 0.29) is 0 Å². The Kier molecular flexibility index (Phi) is 4.67. The van der Waals surface area contributed by atoms with Crippen LogP contribution >= 0.6 is 27.7 Å². The highest BCUT2D eigenvalue weighted by Crippen LogP contribution is 2.29. The molecular weight excluding hydrogens is 276 g/mol. The van der Waals surface area contributed by atoms with Crippen LogP contribution in [0.15, 0.2) is 27.6 Å². The molecule has 1 atom stereocenters. The van der Waals surface area contributed by atoms with Gasteiger partial charge in [-0.05, 0) is 40.5 Å². The van der Waals surface area contributed by atoms with Crippen LogP contribution in [-0.2, 0) is 0 Å². The van der Waals surface area contributed by atoms with Crippen LogP contribution in [0.4, 0.5) is 0 Å². The number of carboxylic acid groups (broad SMARTS) is 1. The van der Waals surface area contributed by atoms with E-state index in [1.807, 2.05) is 12.1 Å². The van der Waals surface area contributed by atoms with Crippen molar-refractivity contribution < 1.29 is 9.90 Å². The summed E-state index contributed by atoms with van der Waals surface area (Å²) in [7, 11) is 0. The molecule has 0 fully saturated rings. The number of benzene rings is 1. The van der Waals surface area contributed by atoms with E-state index in [1.54, 1.807) is 17.8 Å². The molecule has 0 saturated carbocycles. The number of carboxylic acids is 1. The van der Waals surface area contributed by atoms with Crippen molar-refractivity contribution >= 4 is 33.7 Å². The lowest BCUT2D eigenvalue weighted by Crippen LogP contribution is -1.98. The van der Waals surface area contributed by atoms with Crippen molar-refractivity contribution in [2.24, 2.45) is 0 Å². The van der Waals surface area contributed by atoms with Gasteiger partial charge in [0.25, 0.3) is 0 Å². The van der Waals surface area contributed by atoms with Crippen LogP contribution in [0.2, 0.25) is 0 Å². The molecular formula is C11H13BrO2S. The monoisotopic (exact) mass is 288 g/mol. The van der Waals surface area contributed by atoms with E-state index < -0.39 is 5.97 Å². The van der Waals surface area contributed by atoms with Gasteiger partial charge in [0.05, 0.1) is 5.56 Å². The van der Waals surface area contributed by atoms with Gasteiger partial charge in [-0.15, -0.1) is 11.8 Å². The smallest absolute Gasteiger partial charge is 0.336 e. The summed E-state index contributed by atoms with van der Waals surface area (Å²) in [5.41, 5.74) is 0.309. The number of rotatable bonds is 4. The molecule has 82 valence electrons. The molecule has 0 bridgehead atoms. The van der Waals surface area contributed by atoms with Crippen LogP contribution in [0.3, 0.4) is 0 Å². The summed E-state index contributed by atoms with van der Waals surface area (Å²) < 4.78 is 0.642. The van der Waals surface area contributed by atoms with E-state index in [0.29, 0.717) is 15.3 Å². The zero-order valence-electron chi connectivity index (χ0n) is 8.66. The Morgan fingerprint density at radius 2 is 2.27 bits per heavy atom. The topological polar surface area (TPSA) is 37.3 Å². The van der Waals surface area contributed by atoms with Crippen molar-refractivity contribution in [3.05, 3.63) is 28.2 Å². The Labute approximate surface area is 102 Å². The Hall–Kier alpha value is -0.480. The SMILES string of the molecule is CCC(C)Sc1ccc(C(=O)O)c(Br)c1. The Balaban J connectivity index is 2.87. The lowest BCUT2D eigenvalue weighted by molar-refractivity contribution is 0.0696. The third kappa shape index (κ3) is 3.54. The zero-order valence-corrected chi connectivity index (χ0v) is 11.1. The quantitative estimate of drug-likeness (QED) is 0.850. The van der Waals surface area contributed by atoms with Crippen molar-refractivity contribution in [2.75, 3.05) is 0 Å². The third-order valence-corrected chi connectivity index (χ3v) is 4.00. The maximum atomic E-state index is 10.8. The predicted molar refractivity (Wildman–Crippen MR) is 66.7 cm³/mol.